The van der Waals surface area contributed by atoms with E-state index in [2.05, 4.69) is 10.3 Å². The standard InChI is InChI=1S/C19H15ClN2OS/c20-17-11-9-14(10-12-17)15-5-4-6-16(13-15)19(23)21-22-24-18-7-2-1-3-8-18/h1-13,22H,(H,21,23). The Labute approximate surface area is 150 Å². The molecule has 0 bridgehead atoms. The minimum absolute atomic E-state index is 0.186. The normalized spacial score (nSPS) is 10.4. The van der Waals surface area contributed by atoms with Gasteiger partial charge in [-0.3, -0.25) is 10.2 Å². The first kappa shape index (κ1) is 16.6. The van der Waals surface area contributed by atoms with E-state index in [0.717, 1.165) is 16.0 Å². The van der Waals surface area contributed by atoms with Gasteiger partial charge in [-0.05, 0) is 59.5 Å². The van der Waals surface area contributed by atoms with Crippen LogP contribution in [0.15, 0.2) is 83.8 Å². The Morgan fingerprint density at radius 1 is 0.833 bits per heavy atom. The molecule has 3 nitrogen and oxygen atoms in total. The molecule has 0 heterocycles. The number of halogens is 1. The molecule has 0 saturated heterocycles. The van der Waals surface area contributed by atoms with Crippen LogP contribution in [0.25, 0.3) is 11.1 Å². The Hall–Kier alpha value is -2.27. The summed E-state index contributed by atoms with van der Waals surface area (Å²) in [7, 11) is 0. The monoisotopic (exact) mass is 354 g/mol. The maximum atomic E-state index is 12.3. The van der Waals surface area contributed by atoms with Crippen LogP contribution in [-0.2, 0) is 0 Å². The predicted octanol–water partition coefficient (Wildman–Crippen LogP) is 4.95. The minimum atomic E-state index is -0.186. The smallest absolute Gasteiger partial charge is 0.266 e. The van der Waals surface area contributed by atoms with Crippen LogP contribution in [0, 0.1) is 0 Å². The van der Waals surface area contributed by atoms with Crippen LogP contribution in [0.5, 0.6) is 0 Å². The molecular formula is C19H15ClN2OS. The summed E-state index contributed by atoms with van der Waals surface area (Å²) < 4.78 is 0. The quantitative estimate of drug-likeness (QED) is 0.503. The summed E-state index contributed by atoms with van der Waals surface area (Å²) in [6.45, 7) is 0. The lowest BCUT2D eigenvalue weighted by Gasteiger charge is -2.08. The summed E-state index contributed by atoms with van der Waals surface area (Å²) in [6.07, 6.45) is 0. The summed E-state index contributed by atoms with van der Waals surface area (Å²) in [6, 6.07) is 24.8. The molecule has 0 unspecified atom stereocenters. The van der Waals surface area contributed by atoms with Crippen molar-refractivity contribution in [1.82, 2.24) is 10.3 Å². The van der Waals surface area contributed by atoms with Crippen molar-refractivity contribution >= 4 is 29.5 Å². The maximum absolute atomic E-state index is 12.3. The summed E-state index contributed by atoms with van der Waals surface area (Å²) in [5, 5.41) is 0.690. The highest BCUT2D eigenvalue weighted by Gasteiger charge is 2.07. The van der Waals surface area contributed by atoms with Gasteiger partial charge in [0.2, 0.25) is 0 Å². The van der Waals surface area contributed by atoms with Crippen molar-refractivity contribution < 1.29 is 4.79 Å². The van der Waals surface area contributed by atoms with Crippen LogP contribution in [0.4, 0.5) is 0 Å². The first-order chi connectivity index (χ1) is 11.7. The molecule has 3 rings (SSSR count). The molecule has 0 aromatic heterocycles. The van der Waals surface area contributed by atoms with Crippen molar-refractivity contribution in [3.8, 4) is 11.1 Å². The molecule has 0 saturated carbocycles. The van der Waals surface area contributed by atoms with Crippen molar-refractivity contribution in [2.45, 2.75) is 4.90 Å². The molecule has 0 radical (unpaired) electrons. The van der Waals surface area contributed by atoms with E-state index in [-0.39, 0.29) is 5.91 Å². The average molecular weight is 355 g/mol. The van der Waals surface area contributed by atoms with E-state index < -0.39 is 0 Å². The van der Waals surface area contributed by atoms with E-state index in [1.54, 1.807) is 6.07 Å². The van der Waals surface area contributed by atoms with Crippen molar-refractivity contribution in [2.75, 3.05) is 0 Å². The summed E-state index contributed by atoms with van der Waals surface area (Å²) >= 11 is 7.26. The lowest BCUT2D eigenvalue weighted by Crippen LogP contribution is -2.32. The third-order valence-corrected chi connectivity index (χ3v) is 4.34. The highest BCUT2D eigenvalue weighted by atomic mass is 35.5. The Balaban J connectivity index is 1.65. The Morgan fingerprint density at radius 2 is 1.58 bits per heavy atom. The van der Waals surface area contributed by atoms with E-state index in [4.69, 9.17) is 11.6 Å². The van der Waals surface area contributed by atoms with Crippen molar-refractivity contribution in [3.05, 3.63) is 89.4 Å². The van der Waals surface area contributed by atoms with Gasteiger partial charge >= 0.3 is 0 Å². The zero-order valence-electron chi connectivity index (χ0n) is 12.7. The van der Waals surface area contributed by atoms with E-state index >= 15 is 0 Å². The molecule has 5 heteroatoms. The van der Waals surface area contributed by atoms with Gasteiger partial charge in [0.25, 0.3) is 5.91 Å². The average Bonchev–Trinajstić information content (AvgIpc) is 2.63. The van der Waals surface area contributed by atoms with Crippen LogP contribution in [0.3, 0.4) is 0 Å². The van der Waals surface area contributed by atoms with E-state index in [9.17, 15) is 4.79 Å². The molecule has 24 heavy (non-hydrogen) atoms. The molecule has 0 aliphatic heterocycles. The second-order valence-electron chi connectivity index (χ2n) is 5.06. The third kappa shape index (κ3) is 4.38. The van der Waals surface area contributed by atoms with Gasteiger partial charge in [-0.2, -0.15) is 4.83 Å². The van der Waals surface area contributed by atoms with Crippen LogP contribution in [0.2, 0.25) is 5.02 Å². The molecule has 1 amide bonds. The second kappa shape index (κ2) is 8.02. The summed E-state index contributed by atoms with van der Waals surface area (Å²) in [5.41, 5.74) is 5.26. The number of hydrazine groups is 1. The zero-order chi connectivity index (χ0) is 16.8. The lowest BCUT2D eigenvalue weighted by molar-refractivity contribution is 0.0947. The van der Waals surface area contributed by atoms with Gasteiger partial charge in [-0.25, -0.2) is 0 Å². The number of rotatable bonds is 5. The highest BCUT2D eigenvalue weighted by Crippen LogP contribution is 2.22. The van der Waals surface area contributed by atoms with Crippen LogP contribution < -0.4 is 10.3 Å². The zero-order valence-corrected chi connectivity index (χ0v) is 14.3. The number of hydrogen-bond acceptors (Lipinski definition) is 3. The first-order valence-electron chi connectivity index (χ1n) is 7.35. The molecule has 0 aliphatic rings. The van der Waals surface area contributed by atoms with Gasteiger partial charge in [0.15, 0.2) is 0 Å². The van der Waals surface area contributed by atoms with Crippen LogP contribution >= 0.6 is 23.5 Å². The van der Waals surface area contributed by atoms with Gasteiger partial charge in [0.05, 0.1) is 0 Å². The van der Waals surface area contributed by atoms with Gasteiger partial charge in [-0.1, -0.05) is 54.1 Å². The topological polar surface area (TPSA) is 41.1 Å². The maximum Gasteiger partial charge on any atom is 0.266 e. The number of nitrogens with one attached hydrogen (secondary N) is 2. The Bertz CT molecular complexity index is 822. The molecular weight excluding hydrogens is 340 g/mol. The lowest BCUT2D eigenvalue weighted by atomic mass is 10.0. The fraction of sp³-hybridized carbons (Fsp3) is 0. The number of carbonyl (C=O) groups is 1. The fourth-order valence-corrected chi connectivity index (χ4v) is 2.85. The number of hydrogen-bond donors (Lipinski definition) is 2. The molecule has 0 spiro atoms. The molecule has 0 aliphatic carbocycles. The SMILES string of the molecule is O=C(NNSc1ccccc1)c1cccc(-c2ccc(Cl)cc2)c1. The first-order valence-corrected chi connectivity index (χ1v) is 8.55. The molecule has 3 aromatic rings. The van der Waals surface area contributed by atoms with E-state index in [1.165, 1.54) is 11.9 Å². The molecule has 0 atom stereocenters. The van der Waals surface area contributed by atoms with Gasteiger partial charge in [0.1, 0.15) is 0 Å². The number of carbonyl (C=O) groups excluding carboxylic acids is 1. The van der Waals surface area contributed by atoms with Gasteiger partial charge < -0.3 is 0 Å². The van der Waals surface area contributed by atoms with Crippen molar-refractivity contribution in [2.24, 2.45) is 0 Å². The second-order valence-corrected chi connectivity index (χ2v) is 6.38. The Kier molecular flexibility index (Phi) is 5.54. The van der Waals surface area contributed by atoms with Crippen molar-refractivity contribution in [1.29, 1.82) is 0 Å². The predicted molar refractivity (Wildman–Crippen MR) is 99.8 cm³/mol. The number of benzene rings is 3. The summed E-state index contributed by atoms with van der Waals surface area (Å²) in [4.78, 5) is 16.2. The van der Waals surface area contributed by atoms with Crippen molar-refractivity contribution in [3.63, 3.8) is 0 Å². The minimum Gasteiger partial charge on any atom is -0.277 e. The van der Waals surface area contributed by atoms with E-state index in [1.807, 2.05) is 72.8 Å². The fourth-order valence-electron chi connectivity index (χ4n) is 2.17. The highest BCUT2D eigenvalue weighted by molar-refractivity contribution is 7.97. The van der Waals surface area contributed by atoms with E-state index in [0.29, 0.717) is 10.6 Å². The number of amides is 1. The summed E-state index contributed by atoms with van der Waals surface area (Å²) in [5.74, 6) is -0.186. The molecule has 120 valence electrons. The molecule has 3 aromatic carbocycles. The Morgan fingerprint density at radius 3 is 2.33 bits per heavy atom. The van der Waals surface area contributed by atoms with Crippen LogP contribution in [-0.4, -0.2) is 5.91 Å². The molecule has 2 N–H and O–H groups in total. The third-order valence-electron chi connectivity index (χ3n) is 3.38. The van der Waals surface area contributed by atoms with Crippen LogP contribution in [0.1, 0.15) is 10.4 Å². The van der Waals surface area contributed by atoms with Gasteiger partial charge in [-0.15, -0.1) is 0 Å². The van der Waals surface area contributed by atoms with Gasteiger partial charge in [0, 0.05) is 15.5 Å². The largest absolute Gasteiger partial charge is 0.277 e. The molecule has 0 fully saturated rings.